The summed E-state index contributed by atoms with van der Waals surface area (Å²) in [7, 11) is 0. The fourth-order valence-corrected chi connectivity index (χ4v) is 1.64. The average Bonchev–Trinajstić information content (AvgIpc) is 2.13. The molecule has 1 unspecified atom stereocenters. The van der Waals surface area contributed by atoms with Crippen LogP contribution in [0.5, 0.6) is 0 Å². The SMILES string of the molecule is CCC1CCCCCN1N. The number of hydrogen-bond donors (Lipinski definition) is 1. The van der Waals surface area contributed by atoms with Crippen LogP contribution < -0.4 is 5.84 Å². The fourth-order valence-electron chi connectivity index (χ4n) is 1.64. The van der Waals surface area contributed by atoms with Gasteiger partial charge in [-0.05, 0) is 19.3 Å². The van der Waals surface area contributed by atoms with Crippen molar-refractivity contribution in [3.05, 3.63) is 0 Å². The van der Waals surface area contributed by atoms with Crippen LogP contribution in [-0.2, 0) is 0 Å². The zero-order valence-corrected chi connectivity index (χ0v) is 6.84. The first kappa shape index (κ1) is 8.02. The van der Waals surface area contributed by atoms with Crippen LogP contribution >= 0.6 is 0 Å². The Bertz CT molecular complexity index is 93.3. The zero-order chi connectivity index (χ0) is 7.40. The maximum absolute atomic E-state index is 5.82. The van der Waals surface area contributed by atoms with Crippen molar-refractivity contribution >= 4 is 0 Å². The Labute approximate surface area is 63.4 Å². The third-order valence-electron chi connectivity index (χ3n) is 2.39. The Morgan fingerprint density at radius 2 is 2.20 bits per heavy atom. The molecule has 60 valence electrons. The van der Waals surface area contributed by atoms with Crippen LogP contribution in [0.4, 0.5) is 0 Å². The van der Waals surface area contributed by atoms with Gasteiger partial charge in [-0.25, -0.2) is 5.01 Å². The Morgan fingerprint density at radius 1 is 1.40 bits per heavy atom. The van der Waals surface area contributed by atoms with Crippen LogP contribution in [-0.4, -0.2) is 17.6 Å². The summed E-state index contributed by atoms with van der Waals surface area (Å²) in [5.74, 6) is 5.82. The van der Waals surface area contributed by atoms with Crippen molar-refractivity contribution < 1.29 is 0 Å². The summed E-state index contributed by atoms with van der Waals surface area (Å²) in [6.07, 6.45) is 6.52. The minimum absolute atomic E-state index is 0.655. The zero-order valence-electron chi connectivity index (χ0n) is 6.84. The minimum Gasteiger partial charge on any atom is -0.269 e. The first-order valence-electron chi connectivity index (χ1n) is 4.36. The van der Waals surface area contributed by atoms with E-state index in [1.807, 2.05) is 5.01 Å². The average molecular weight is 142 g/mol. The number of rotatable bonds is 1. The van der Waals surface area contributed by atoms with Crippen molar-refractivity contribution in [3.63, 3.8) is 0 Å². The van der Waals surface area contributed by atoms with Crippen molar-refractivity contribution in [2.24, 2.45) is 5.84 Å². The second-order valence-corrected chi connectivity index (χ2v) is 3.15. The van der Waals surface area contributed by atoms with E-state index in [1.165, 1.54) is 32.1 Å². The summed E-state index contributed by atoms with van der Waals surface area (Å²) in [5.41, 5.74) is 0. The highest BCUT2D eigenvalue weighted by Gasteiger charge is 2.15. The monoisotopic (exact) mass is 142 g/mol. The molecule has 0 aromatic rings. The van der Waals surface area contributed by atoms with Crippen molar-refractivity contribution in [2.75, 3.05) is 6.54 Å². The van der Waals surface area contributed by atoms with Gasteiger partial charge in [0.15, 0.2) is 0 Å². The Hall–Kier alpha value is -0.0800. The van der Waals surface area contributed by atoms with Crippen LogP contribution in [0, 0.1) is 0 Å². The largest absolute Gasteiger partial charge is 0.269 e. The molecule has 2 nitrogen and oxygen atoms in total. The second kappa shape index (κ2) is 3.94. The number of hydrogen-bond acceptors (Lipinski definition) is 2. The third-order valence-corrected chi connectivity index (χ3v) is 2.39. The van der Waals surface area contributed by atoms with Crippen molar-refractivity contribution in [1.82, 2.24) is 5.01 Å². The predicted octanol–water partition coefficient (Wildman–Crippen LogP) is 1.51. The molecule has 10 heavy (non-hydrogen) atoms. The van der Waals surface area contributed by atoms with E-state index in [1.54, 1.807) is 0 Å². The summed E-state index contributed by atoms with van der Waals surface area (Å²) < 4.78 is 0. The summed E-state index contributed by atoms with van der Waals surface area (Å²) in [6.45, 7) is 3.31. The Morgan fingerprint density at radius 3 is 2.90 bits per heavy atom. The van der Waals surface area contributed by atoms with Gasteiger partial charge < -0.3 is 0 Å². The topological polar surface area (TPSA) is 29.3 Å². The normalized spacial score (nSPS) is 30.0. The van der Waals surface area contributed by atoms with Gasteiger partial charge in [0.2, 0.25) is 0 Å². The van der Waals surface area contributed by atoms with Gasteiger partial charge in [-0.3, -0.25) is 5.84 Å². The first-order chi connectivity index (χ1) is 4.84. The smallest absolute Gasteiger partial charge is 0.0238 e. The minimum atomic E-state index is 0.655. The predicted molar refractivity (Wildman–Crippen MR) is 43.4 cm³/mol. The molecule has 1 aliphatic rings. The van der Waals surface area contributed by atoms with Crippen molar-refractivity contribution in [2.45, 2.75) is 45.1 Å². The fraction of sp³-hybridized carbons (Fsp3) is 1.00. The maximum Gasteiger partial charge on any atom is 0.0238 e. The van der Waals surface area contributed by atoms with E-state index in [0.29, 0.717) is 6.04 Å². The molecule has 0 aliphatic carbocycles. The van der Waals surface area contributed by atoms with E-state index in [-0.39, 0.29) is 0 Å². The van der Waals surface area contributed by atoms with Gasteiger partial charge in [0, 0.05) is 12.6 Å². The molecule has 0 radical (unpaired) electrons. The van der Waals surface area contributed by atoms with Gasteiger partial charge in [0.1, 0.15) is 0 Å². The molecular weight excluding hydrogens is 124 g/mol. The summed E-state index contributed by atoms with van der Waals surface area (Å²) in [6, 6.07) is 0.655. The van der Waals surface area contributed by atoms with Gasteiger partial charge in [-0.15, -0.1) is 0 Å². The molecule has 1 atom stereocenters. The molecule has 1 heterocycles. The van der Waals surface area contributed by atoms with E-state index in [2.05, 4.69) is 6.92 Å². The first-order valence-corrected chi connectivity index (χ1v) is 4.36. The maximum atomic E-state index is 5.82. The second-order valence-electron chi connectivity index (χ2n) is 3.15. The van der Waals surface area contributed by atoms with Gasteiger partial charge in [0.25, 0.3) is 0 Å². The van der Waals surface area contributed by atoms with Gasteiger partial charge in [-0.2, -0.15) is 0 Å². The lowest BCUT2D eigenvalue weighted by molar-refractivity contribution is 0.199. The quantitative estimate of drug-likeness (QED) is 0.562. The van der Waals surface area contributed by atoms with E-state index in [0.717, 1.165) is 6.54 Å². The van der Waals surface area contributed by atoms with Crippen LogP contribution in [0.1, 0.15) is 39.0 Å². The van der Waals surface area contributed by atoms with Gasteiger partial charge >= 0.3 is 0 Å². The molecule has 0 amide bonds. The highest BCUT2D eigenvalue weighted by Crippen LogP contribution is 2.15. The molecule has 2 N–H and O–H groups in total. The molecule has 0 bridgehead atoms. The van der Waals surface area contributed by atoms with E-state index < -0.39 is 0 Å². The van der Waals surface area contributed by atoms with E-state index in [9.17, 15) is 0 Å². The number of hydrazine groups is 1. The standard InChI is InChI=1S/C8H18N2/c1-2-8-6-4-3-5-7-10(8)9/h8H,2-7,9H2,1H3. The van der Waals surface area contributed by atoms with E-state index in [4.69, 9.17) is 5.84 Å². The number of nitrogens with two attached hydrogens (primary N) is 1. The van der Waals surface area contributed by atoms with Crippen molar-refractivity contribution in [1.29, 1.82) is 0 Å². The molecular formula is C8H18N2. The highest BCUT2D eigenvalue weighted by molar-refractivity contribution is 4.69. The van der Waals surface area contributed by atoms with Crippen LogP contribution in [0.3, 0.4) is 0 Å². The molecule has 1 rings (SSSR count). The lowest BCUT2D eigenvalue weighted by Gasteiger charge is -2.23. The van der Waals surface area contributed by atoms with Crippen molar-refractivity contribution in [3.8, 4) is 0 Å². The molecule has 1 fully saturated rings. The lowest BCUT2D eigenvalue weighted by Crippen LogP contribution is -2.40. The summed E-state index contributed by atoms with van der Waals surface area (Å²) in [5, 5.41) is 2.02. The van der Waals surface area contributed by atoms with Crippen LogP contribution in [0.15, 0.2) is 0 Å². The lowest BCUT2D eigenvalue weighted by atomic mass is 10.1. The highest BCUT2D eigenvalue weighted by atomic mass is 15.4. The molecule has 0 spiro atoms. The molecule has 1 aliphatic heterocycles. The van der Waals surface area contributed by atoms with Crippen LogP contribution in [0.2, 0.25) is 0 Å². The van der Waals surface area contributed by atoms with Gasteiger partial charge in [0.05, 0.1) is 0 Å². The Balaban J connectivity index is 2.35. The summed E-state index contributed by atoms with van der Waals surface area (Å²) >= 11 is 0. The van der Waals surface area contributed by atoms with E-state index >= 15 is 0 Å². The molecule has 0 aromatic heterocycles. The Kier molecular flexibility index (Phi) is 3.16. The molecule has 0 saturated carbocycles. The molecule has 2 heteroatoms. The number of nitrogens with zero attached hydrogens (tertiary/aromatic N) is 1. The summed E-state index contributed by atoms with van der Waals surface area (Å²) in [4.78, 5) is 0. The van der Waals surface area contributed by atoms with Crippen LogP contribution in [0.25, 0.3) is 0 Å². The third kappa shape index (κ3) is 1.96. The molecule has 0 aromatic carbocycles. The molecule has 1 saturated heterocycles. The van der Waals surface area contributed by atoms with Gasteiger partial charge in [-0.1, -0.05) is 19.8 Å².